The van der Waals surface area contributed by atoms with Crippen molar-refractivity contribution >= 4 is 28.9 Å². The summed E-state index contributed by atoms with van der Waals surface area (Å²) in [5.74, 6) is 0.898. The molecule has 1 amide bonds. The first kappa shape index (κ1) is 23.0. The summed E-state index contributed by atoms with van der Waals surface area (Å²) in [7, 11) is 0. The van der Waals surface area contributed by atoms with Crippen LogP contribution in [0, 0.1) is 0 Å². The van der Waals surface area contributed by atoms with E-state index >= 15 is 0 Å². The molecule has 1 saturated heterocycles. The molecular weight excluding hydrogens is 412 g/mol. The van der Waals surface area contributed by atoms with Crippen LogP contribution in [0.15, 0.2) is 48.5 Å². The number of rotatable bonds is 10. The average molecular weight is 443 g/mol. The van der Waals surface area contributed by atoms with E-state index in [0.29, 0.717) is 36.0 Å². The van der Waals surface area contributed by atoms with E-state index in [1.165, 1.54) is 0 Å². The number of nitrogens with one attached hydrogen (secondary N) is 2. The summed E-state index contributed by atoms with van der Waals surface area (Å²) < 4.78 is 17.3. The molecule has 7 heteroatoms. The first-order chi connectivity index (χ1) is 15.2. The Kier molecular flexibility index (Phi) is 9.12. The van der Waals surface area contributed by atoms with Gasteiger partial charge in [-0.15, -0.1) is 0 Å². The molecule has 1 atom stereocenters. The average Bonchev–Trinajstić information content (AvgIpc) is 3.30. The molecule has 1 aliphatic heterocycles. The van der Waals surface area contributed by atoms with E-state index in [2.05, 4.69) is 17.6 Å². The van der Waals surface area contributed by atoms with Crippen LogP contribution in [-0.2, 0) is 4.74 Å². The summed E-state index contributed by atoms with van der Waals surface area (Å²) in [6.07, 6.45) is 5.35. The molecule has 166 valence electrons. The topological polar surface area (TPSA) is 68.8 Å². The van der Waals surface area contributed by atoms with E-state index in [9.17, 15) is 4.79 Å². The fraction of sp³-hybridized carbons (Fsp3) is 0.417. The molecule has 31 heavy (non-hydrogen) atoms. The second-order valence-corrected chi connectivity index (χ2v) is 7.81. The number of hydrogen-bond acceptors (Lipinski definition) is 5. The zero-order valence-corrected chi connectivity index (χ0v) is 18.7. The van der Waals surface area contributed by atoms with Crippen LogP contribution in [0.4, 0.5) is 5.69 Å². The third-order valence-electron chi connectivity index (χ3n) is 4.95. The lowest BCUT2D eigenvalue weighted by atomic mass is 10.2. The molecule has 2 N–H and O–H groups in total. The van der Waals surface area contributed by atoms with Gasteiger partial charge in [0.1, 0.15) is 18.1 Å². The van der Waals surface area contributed by atoms with Crippen molar-refractivity contribution in [2.24, 2.45) is 0 Å². The van der Waals surface area contributed by atoms with Crippen molar-refractivity contribution in [2.75, 3.05) is 25.1 Å². The van der Waals surface area contributed by atoms with Gasteiger partial charge in [0, 0.05) is 6.61 Å². The highest BCUT2D eigenvalue weighted by molar-refractivity contribution is 7.80. The number of carbonyl (C=O) groups excluding carboxylic acids is 1. The van der Waals surface area contributed by atoms with E-state index in [1.54, 1.807) is 18.2 Å². The van der Waals surface area contributed by atoms with Crippen LogP contribution in [0.5, 0.6) is 11.5 Å². The van der Waals surface area contributed by atoms with Gasteiger partial charge >= 0.3 is 0 Å². The minimum Gasteiger partial charge on any atom is -0.493 e. The first-order valence-corrected chi connectivity index (χ1v) is 11.3. The number of hydrogen-bond donors (Lipinski definition) is 2. The van der Waals surface area contributed by atoms with Crippen LogP contribution in [0.25, 0.3) is 0 Å². The maximum atomic E-state index is 12.8. The number of thiocarbonyl (C=S) groups is 1. The van der Waals surface area contributed by atoms with E-state index in [0.717, 1.165) is 38.7 Å². The second-order valence-electron chi connectivity index (χ2n) is 7.40. The van der Waals surface area contributed by atoms with Gasteiger partial charge in [0.05, 0.1) is 24.0 Å². The predicted octanol–water partition coefficient (Wildman–Crippen LogP) is 4.94. The summed E-state index contributed by atoms with van der Waals surface area (Å²) in [5.41, 5.74) is 1.14. The van der Waals surface area contributed by atoms with E-state index in [-0.39, 0.29) is 17.1 Å². The predicted molar refractivity (Wildman–Crippen MR) is 126 cm³/mol. The molecule has 0 spiro atoms. The van der Waals surface area contributed by atoms with Crippen molar-refractivity contribution in [1.29, 1.82) is 0 Å². The highest BCUT2D eigenvalue weighted by Crippen LogP contribution is 2.25. The molecule has 0 bridgehead atoms. The number of unbranched alkanes of at least 4 members (excludes halogenated alkanes) is 2. The lowest BCUT2D eigenvalue weighted by Crippen LogP contribution is -2.34. The van der Waals surface area contributed by atoms with Gasteiger partial charge < -0.3 is 19.5 Å². The molecule has 1 unspecified atom stereocenters. The number of para-hydroxylation sites is 3. The molecule has 1 aliphatic rings. The van der Waals surface area contributed by atoms with Crippen LogP contribution in [0.2, 0.25) is 0 Å². The molecule has 0 saturated carbocycles. The third-order valence-corrected chi connectivity index (χ3v) is 5.15. The van der Waals surface area contributed by atoms with Gasteiger partial charge in [-0.3, -0.25) is 10.1 Å². The number of benzene rings is 2. The lowest BCUT2D eigenvalue weighted by molar-refractivity contribution is 0.0682. The molecule has 1 fully saturated rings. The van der Waals surface area contributed by atoms with Gasteiger partial charge in [0.15, 0.2) is 5.11 Å². The van der Waals surface area contributed by atoms with Gasteiger partial charge in [-0.2, -0.15) is 0 Å². The molecule has 6 nitrogen and oxygen atoms in total. The van der Waals surface area contributed by atoms with Gasteiger partial charge in [-0.25, -0.2) is 0 Å². The summed E-state index contributed by atoms with van der Waals surface area (Å²) in [6, 6.07) is 14.7. The highest BCUT2D eigenvalue weighted by Gasteiger charge is 2.18. The second kappa shape index (κ2) is 12.3. The Morgan fingerprint density at radius 2 is 1.87 bits per heavy atom. The van der Waals surface area contributed by atoms with Crippen molar-refractivity contribution in [3.05, 3.63) is 54.1 Å². The quantitative estimate of drug-likeness (QED) is 0.401. The van der Waals surface area contributed by atoms with Crippen molar-refractivity contribution in [3.8, 4) is 11.5 Å². The Morgan fingerprint density at radius 1 is 1.10 bits per heavy atom. The summed E-state index contributed by atoms with van der Waals surface area (Å²) >= 11 is 5.36. The first-order valence-electron chi connectivity index (χ1n) is 10.8. The van der Waals surface area contributed by atoms with E-state index < -0.39 is 0 Å². The van der Waals surface area contributed by atoms with Gasteiger partial charge in [0.2, 0.25) is 0 Å². The van der Waals surface area contributed by atoms with Crippen LogP contribution >= 0.6 is 12.2 Å². The van der Waals surface area contributed by atoms with Crippen LogP contribution in [0.3, 0.4) is 0 Å². The molecule has 3 rings (SSSR count). The monoisotopic (exact) mass is 442 g/mol. The fourth-order valence-corrected chi connectivity index (χ4v) is 3.50. The van der Waals surface area contributed by atoms with E-state index in [4.69, 9.17) is 26.4 Å². The van der Waals surface area contributed by atoms with Gasteiger partial charge in [0.25, 0.3) is 5.91 Å². The standard InChI is InChI=1S/C24H30N2O4S/c1-2-3-8-15-29-21-13-6-4-11-19(21)23(27)26-24(31)25-20-12-5-7-14-22(20)30-17-18-10-9-16-28-18/h4-7,11-14,18H,2-3,8-10,15-17H2,1H3,(H2,25,26,27,31). The normalized spacial score (nSPS) is 15.3. The third kappa shape index (κ3) is 7.22. The SMILES string of the molecule is CCCCCOc1ccccc1C(=O)NC(=S)Nc1ccccc1OCC1CCCO1. The number of ether oxygens (including phenoxy) is 3. The van der Waals surface area contributed by atoms with Crippen LogP contribution in [0.1, 0.15) is 49.4 Å². The molecular formula is C24H30N2O4S. The largest absolute Gasteiger partial charge is 0.493 e. The van der Waals surface area contributed by atoms with Crippen molar-refractivity contribution in [3.63, 3.8) is 0 Å². The fourth-order valence-electron chi connectivity index (χ4n) is 3.29. The Balaban J connectivity index is 1.57. The summed E-state index contributed by atoms with van der Waals surface area (Å²) in [4.78, 5) is 12.8. The van der Waals surface area contributed by atoms with Gasteiger partial charge in [-0.1, -0.05) is 44.0 Å². The summed E-state index contributed by atoms with van der Waals surface area (Å²) in [5, 5.41) is 5.98. The van der Waals surface area contributed by atoms with E-state index in [1.807, 2.05) is 30.3 Å². The van der Waals surface area contributed by atoms with Crippen molar-refractivity contribution < 1.29 is 19.0 Å². The zero-order valence-electron chi connectivity index (χ0n) is 17.9. The number of carbonyl (C=O) groups is 1. The van der Waals surface area contributed by atoms with Crippen LogP contribution < -0.4 is 20.1 Å². The molecule has 0 aromatic heterocycles. The molecule has 0 aliphatic carbocycles. The highest BCUT2D eigenvalue weighted by atomic mass is 32.1. The molecule has 0 radical (unpaired) electrons. The Bertz CT molecular complexity index is 868. The smallest absolute Gasteiger partial charge is 0.261 e. The minimum atomic E-state index is -0.318. The Labute approximate surface area is 189 Å². The maximum Gasteiger partial charge on any atom is 0.261 e. The van der Waals surface area contributed by atoms with Gasteiger partial charge in [-0.05, 0) is 55.7 Å². The lowest BCUT2D eigenvalue weighted by Gasteiger charge is -2.17. The number of anilines is 1. The van der Waals surface area contributed by atoms with Crippen molar-refractivity contribution in [2.45, 2.75) is 45.1 Å². The Morgan fingerprint density at radius 3 is 2.65 bits per heavy atom. The Hall–Kier alpha value is -2.64. The number of amides is 1. The molecule has 2 aromatic rings. The molecule has 2 aromatic carbocycles. The van der Waals surface area contributed by atoms with Crippen LogP contribution in [-0.4, -0.2) is 36.9 Å². The molecule has 1 heterocycles. The summed E-state index contributed by atoms with van der Waals surface area (Å²) in [6.45, 7) is 3.99. The maximum absolute atomic E-state index is 12.8. The minimum absolute atomic E-state index is 0.119. The van der Waals surface area contributed by atoms with Crippen molar-refractivity contribution in [1.82, 2.24) is 5.32 Å². The zero-order chi connectivity index (χ0) is 21.9.